The van der Waals surface area contributed by atoms with Crippen molar-refractivity contribution >= 4 is 11.9 Å². The second-order valence-electron chi connectivity index (χ2n) is 9.98. The van der Waals surface area contributed by atoms with Crippen LogP contribution < -0.4 is 10.3 Å². The summed E-state index contributed by atoms with van der Waals surface area (Å²) in [5.74, 6) is 0.0747. The molecule has 1 aromatic carbocycles. The van der Waals surface area contributed by atoms with Crippen LogP contribution in [0.15, 0.2) is 35.1 Å². The maximum absolute atomic E-state index is 13.9. The Hall–Kier alpha value is -3.13. The van der Waals surface area contributed by atoms with Crippen molar-refractivity contribution < 1.29 is 19.1 Å². The SMILES string of the molecule is COC(=O)[C@@H]1CCCCN1C(=O)c1c(OC)cc(=O)n2c1CCN(Cc1ccc(C(C)C)cc1)CC2. The van der Waals surface area contributed by atoms with Crippen LogP contribution in [0.4, 0.5) is 0 Å². The van der Waals surface area contributed by atoms with Crippen molar-refractivity contribution in [2.45, 2.75) is 64.6 Å². The zero-order valence-electron chi connectivity index (χ0n) is 21.8. The first-order valence-corrected chi connectivity index (χ1v) is 12.8. The molecule has 1 amide bonds. The molecule has 8 nitrogen and oxygen atoms in total. The van der Waals surface area contributed by atoms with Gasteiger partial charge in [-0.25, -0.2) is 4.79 Å². The van der Waals surface area contributed by atoms with Crippen LogP contribution in [0.25, 0.3) is 0 Å². The summed E-state index contributed by atoms with van der Waals surface area (Å²) in [5, 5.41) is 0. The number of pyridine rings is 1. The van der Waals surface area contributed by atoms with E-state index in [9.17, 15) is 14.4 Å². The van der Waals surface area contributed by atoms with Gasteiger partial charge in [0.1, 0.15) is 17.4 Å². The number of carbonyl (C=O) groups excluding carboxylic acids is 2. The number of fused-ring (bicyclic) bond motifs is 1. The lowest BCUT2D eigenvalue weighted by Crippen LogP contribution is -2.49. The molecule has 0 unspecified atom stereocenters. The lowest BCUT2D eigenvalue weighted by molar-refractivity contribution is -0.147. The monoisotopic (exact) mass is 495 g/mol. The third kappa shape index (κ3) is 5.33. The van der Waals surface area contributed by atoms with Crippen molar-refractivity contribution in [3.63, 3.8) is 0 Å². The van der Waals surface area contributed by atoms with Gasteiger partial charge in [-0.05, 0) is 36.3 Å². The molecule has 2 aliphatic rings. The lowest BCUT2D eigenvalue weighted by atomic mass is 9.99. The van der Waals surface area contributed by atoms with Crippen molar-refractivity contribution in [2.75, 3.05) is 33.9 Å². The minimum Gasteiger partial charge on any atom is -0.496 e. The third-order valence-corrected chi connectivity index (χ3v) is 7.41. The molecule has 1 atom stereocenters. The Morgan fingerprint density at radius 1 is 1.03 bits per heavy atom. The summed E-state index contributed by atoms with van der Waals surface area (Å²) in [4.78, 5) is 43.2. The van der Waals surface area contributed by atoms with Crippen LogP contribution in [0, 0.1) is 0 Å². The normalized spacial score (nSPS) is 18.5. The molecule has 0 N–H and O–H groups in total. The molecule has 2 aliphatic heterocycles. The molecule has 3 heterocycles. The summed E-state index contributed by atoms with van der Waals surface area (Å²) in [6.45, 7) is 7.51. The fourth-order valence-electron chi connectivity index (χ4n) is 5.31. The maximum atomic E-state index is 13.9. The van der Waals surface area contributed by atoms with E-state index in [-0.39, 0.29) is 17.2 Å². The van der Waals surface area contributed by atoms with E-state index in [1.165, 1.54) is 31.4 Å². The van der Waals surface area contributed by atoms with Crippen molar-refractivity contribution in [2.24, 2.45) is 0 Å². The fraction of sp³-hybridized carbons (Fsp3) is 0.536. The average Bonchev–Trinajstić information content (AvgIpc) is 3.11. The average molecular weight is 496 g/mol. The molecule has 2 aromatic rings. The number of methoxy groups -OCH3 is 2. The molecule has 36 heavy (non-hydrogen) atoms. The summed E-state index contributed by atoms with van der Waals surface area (Å²) < 4.78 is 12.2. The van der Waals surface area contributed by atoms with Crippen molar-refractivity contribution in [3.05, 3.63) is 63.1 Å². The molecule has 0 spiro atoms. The molecule has 0 aliphatic carbocycles. The topological polar surface area (TPSA) is 81.1 Å². The van der Waals surface area contributed by atoms with Gasteiger partial charge in [-0.2, -0.15) is 0 Å². The van der Waals surface area contributed by atoms with Gasteiger partial charge in [0, 0.05) is 50.9 Å². The summed E-state index contributed by atoms with van der Waals surface area (Å²) >= 11 is 0. The summed E-state index contributed by atoms with van der Waals surface area (Å²) in [6.07, 6.45) is 2.79. The Morgan fingerprint density at radius 3 is 2.44 bits per heavy atom. The van der Waals surface area contributed by atoms with Crippen LogP contribution in [0.1, 0.15) is 66.2 Å². The fourth-order valence-corrected chi connectivity index (χ4v) is 5.31. The van der Waals surface area contributed by atoms with Crippen LogP contribution in [0.5, 0.6) is 5.75 Å². The zero-order valence-corrected chi connectivity index (χ0v) is 21.8. The Morgan fingerprint density at radius 2 is 1.78 bits per heavy atom. The van der Waals surface area contributed by atoms with Gasteiger partial charge in [-0.3, -0.25) is 14.5 Å². The van der Waals surface area contributed by atoms with E-state index in [0.29, 0.717) is 56.2 Å². The molecule has 0 saturated carbocycles. The van der Waals surface area contributed by atoms with Crippen molar-refractivity contribution in [1.82, 2.24) is 14.4 Å². The minimum absolute atomic E-state index is 0.176. The number of hydrogen-bond donors (Lipinski definition) is 0. The second-order valence-corrected chi connectivity index (χ2v) is 9.98. The number of carbonyl (C=O) groups is 2. The zero-order chi connectivity index (χ0) is 25.8. The Kier molecular flexibility index (Phi) is 8.14. The number of hydrogen-bond acceptors (Lipinski definition) is 6. The van der Waals surface area contributed by atoms with E-state index < -0.39 is 12.0 Å². The molecule has 0 radical (unpaired) electrons. The highest BCUT2D eigenvalue weighted by molar-refractivity contribution is 6.00. The first kappa shape index (κ1) is 25.9. The van der Waals surface area contributed by atoms with Gasteiger partial charge < -0.3 is 18.9 Å². The molecule has 4 rings (SSSR count). The first-order chi connectivity index (χ1) is 17.3. The molecule has 1 aromatic heterocycles. The smallest absolute Gasteiger partial charge is 0.328 e. The van der Waals surface area contributed by atoms with E-state index in [4.69, 9.17) is 9.47 Å². The first-order valence-electron chi connectivity index (χ1n) is 12.8. The number of benzene rings is 1. The standard InChI is InChI=1S/C28H37N3O5/c1-19(2)21-10-8-20(9-11-21)18-29-14-12-22-26(24(35-3)17-25(32)30(22)16-15-29)27(33)31-13-6-5-7-23(31)28(34)36-4/h8-11,17,19,23H,5-7,12-16,18H2,1-4H3/t23-/m0/s1. The summed E-state index contributed by atoms with van der Waals surface area (Å²) in [7, 11) is 2.82. The van der Waals surface area contributed by atoms with Gasteiger partial charge >= 0.3 is 5.97 Å². The Labute approximate surface area is 212 Å². The highest BCUT2D eigenvalue weighted by Gasteiger charge is 2.36. The third-order valence-electron chi connectivity index (χ3n) is 7.41. The molecular formula is C28H37N3O5. The van der Waals surface area contributed by atoms with Gasteiger partial charge in [0.2, 0.25) is 0 Å². The Bertz CT molecular complexity index is 1160. The predicted octanol–water partition coefficient (Wildman–Crippen LogP) is 3.21. The summed E-state index contributed by atoms with van der Waals surface area (Å²) in [6, 6.07) is 9.46. The van der Waals surface area contributed by atoms with Crippen LogP contribution in [-0.2, 0) is 29.0 Å². The molecule has 194 valence electrons. The van der Waals surface area contributed by atoms with Gasteiger partial charge in [0.25, 0.3) is 11.5 Å². The Balaban J connectivity index is 1.61. The van der Waals surface area contributed by atoms with E-state index in [1.54, 1.807) is 9.47 Å². The number of piperidine rings is 1. The van der Waals surface area contributed by atoms with Crippen LogP contribution in [-0.4, -0.2) is 66.1 Å². The van der Waals surface area contributed by atoms with Gasteiger partial charge in [-0.15, -0.1) is 0 Å². The van der Waals surface area contributed by atoms with Crippen LogP contribution in [0.3, 0.4) is 0 Å². The van der Waals surface area contributed by atoms with Gasteiger partial charge in [-0.1, -0.05) is 38.1 Å². The number of rotatable bonds is 6. The maximum Gasteiger partial charge on any atom is 0.328 e. The summed E-state index contributed by atoms with van der Waals surface area (Å²) in [5.41, 5.74) is 3.42. The number of nitrogens with zero attached hydrogens (tertiary/aromatic N) is 3. The van der Waals surface area contributed by atoms with Gasteiger partial charge in [0.15, 0.2) is 0 Å². The van der Waals surface area contributed by atoms with Crippen molar-refractivity contribution in [3.8, 4) is 5.75 Å². The number of ether oxygens (including phenoxy) is 2. The largest absolute Gasteiger partial charge is 0.496 e. The quantitative estimate of drug-likeness (QED) is 0.573. The van der Waals surface area contributed by atoms with E-state index in [0.717, 1.165) is 19.4 Å². The van der Waals surface area contributed by atoms with E-state index >= 15 is 0 Å². The second kappa shape index (κ2) is 11.3. The molecule has 0 bridgehead atoms. The number of likely N-dealkylation sites (tertiary alicyclic amines) is 1. The van der Waals surface area contributed by atoms with E-state index in [1.807, 2.05) is 0 Å². The van der Waals surface area contributed by atoms with Crippen LogP contribution in [0.2, 0.25) is 0 Å². The number of aromatic nitrogens is 1. The highest BCUT2D eigenvalue weighted by Crippen LogP contribution is 2.28. The highest BCUT2D eigenvalue weighted by atomic mass is 16.5. The lowest BCUT2D eigenvalue weighted by Gasteiger charge is -2.34. The number of esters is 1. The molecular weight excluding hydrogens is 458 g/mol. The predicted molar refractivity (Wildman–Crippen MR) is 137 cm³/mol. The number of amides is 1. The van der Waals surface area contributed by atoms with E-state index in [2.05, 4.69) is 43.0 Å². The molecule has 1 saturated heterocycles. The van der Waals surface area contributed by atoms with Crippen molar-refractivity contribution in [1.29, 1.82) is 0 Å². The molecule has 8 heteroatoms. The van der Waals surface area contributed by atoms with Gasteiger partial charge in [0.05, 0.1) is 14.2 Å². The van der Waals surface area contributed by atoms with Crippen LogP contribution >= 0.6 is 0 Å². The molecule has 1 fully saturated rings. The minimum atomic E-state index is -0.621.